The molecule has 0 aliphatic heterocycles. The number of halogens is 2. The van der Waals surface area contributed by atoms with E-state index in [1.54, 1.807) is 5.32 Å². The molecule has 1 aromatic carbocycles. The number of amides is 1. The third-order valence-electron chi connectivity index (χ3n) is 4.53. The van der Waals surface area contributed by atoms with E-state index in [9.17, 15) is 18.4 Å². The third kappa shape index (κ3) is 3.24. The summed E-state index contributed by atoms with van der Waals surface area (Å²) in [4.78, 5) is 34.7. The number of carbonyl (C=O) groups excluding carboxylic acids is 1. The van der Waals surface area contributed by atoms with Crippen molar-refractivity contribution in [1.29, 1.82) is 0 Å². The van der Waals surface area contributed by atoms with Gasteiger partial charge in [0, 0.05) is 12.7 Å². The largest absolute Gasteiger partial charge is 0.465 e. The maximum absolute atomic E-state index is 14.7. The van der Waals surface area contributed by atoms with Gasteiger partial charge in [-0.25, -0.2) is 23.5 Å². The van der Waals surface area contributed by atoms with Crippen molar-refractivity contribution in [2.45, 2.75) is 12.8 Å². The minimum Gasteiger partial charge on any atom is -0.465 e. The van der Waals surface area contributed by atoms with Crippen molar-refractivity contribution in [1.82, 2.24) is 15.0 Å². The van der Waals surface area contributed by atoms with Gasteiger partial charge in [0.25, 0.3) is 0 Å². The molecule has 1 saturated carbocycles. The number of aromatic amines is 1. The topological polar surface area (TPSA) is 120 Å². The highest BCUT2D eigenvalue weighted by Gasteiger charge is 2.27. The predicted molar refractivity (Wildman–Crippen MR) is 96.5 cm³/mol. The van der Waals surface area contributed by atoms with Gasteiger partial charge in [-0.3, -0.25) is 10.1 Å². The van der Waals surface area contributed by atoms with Crippen molar-refractivity contribution >= 4 is 34.4 Å². The van der Waals surface area contributed by atoms with Crippen molar-refractivity contribution in [2.24, 2.45) is 5.92 Å². The normalized spacial score (nSPS) is 13.5. The summed E-state index contributed by atoms with van der Waals surface area (Å²) >= 11 is 0. The van der Waals surface area contributed by atoms with E-state index in [2.05, 4.69) is 20.3 Å². The van der Waals surface area contributed by atoms with Crippen molar-refractivity contribution in [3.8, 4) is 0 Å². The number of anilines is 2. The molecule has 0 spiro atoms. The summed E-state index contributed by atoms with van der Waals surface area (Å²) < 4.78 is 28.9. The monoisotopic (exact) mass is 387 g/mol. The highest BCUT2D eigenvalue weighted by molar-refractivity contribution is 6.18. The van der Waals surface area contributed by atoms with Gasteiger partial charge in [0.05, 0.1) is 22.2 Å². The van der Waals surface area contributed by atoms with Crippen LogP contribution >= 0.6 is 0 Å². The first-order chi connectivity index (χ1) is 13.5. The van der Waals surface area contributed by atoms with Crippen LogP contribution in [-0.2, 0) is 0 Å². The van der Waals surface area contributed by atoms with Gasteiger partial charge < -0.3 is 15.4 Å². The smallest absolute Gasteiger partial charge is 0.409 e. The molecular formula is C18H15F2N5O3. The van der Waals surface area contributed by atoms with Crippen LogP contribution in [0.15, 0.2) is 24.7 Å². The molecule has 2 aromatic heterocycles. The van der Waals surface area contributed by atoms with Crippen molar-refractivity contribution < 1.29 is 23.5 Å². The minimum absolute atomic E-state index is 0.0147. The maximum Gasteiger partial charge on any atom is 0.409 e. The van der Waals surface area contributed by atoms with Gasteiger partial charge in [0.2, 0.25) is 5.78 Å². The van der Waals surface area contributed by atoms with Crippen LogP contribution in [0.1, 0.15) is 28.8 Å². The van der Waals surface area contributed by atoms with Gasteiger partial charge >= 0.3 is 6.09 Å². The number of hydrogen-bond acceptors (Lipinski definition) is 5. The van der Waals surface area contributed by atoms with E-state index in [1.807, 2.05) is 0 Å². The van der Waals surface area contributed by atoms with E-state index in [4.69, 9.17) is 5.11 Å². The number of aromatic nitrogens is 3. The summed E-state index contributed by atoms with van der Waals surface area (Å²) in [5.74, 6) is -2.40. The van der Waals surface area contributed by atoms with Crippen molar-refractivity contribution in [3.05, 3.63) is 47.4 Å². The van der Waals surface area contributed by atoms with Gasteiger partial charge in [0.15, 0.2) is 5.82 Å². The molecule has 0 unspecified atom stereocenters. The Morgan fingerprint density at radius 2 is 2.04 bits per heavy atom. The fourth-order valence-electron chi connectivity index (χ4n) is 2.95. The summed E-state index contributed by atoms with van der Waals surface area (Å²) in [6.07, 6.45) is 3.32. The Balaban J connectivity index is 1.78. The van der Waals surface area contributed by atoms with Gasteiger partial charge in [-0.05, 0) is 30.9 Å². The number of hydrogen-bond donors (Lipinski definition) is 4. The van der Waals surface area contributed by atoms with E-state index in [1.165, 1.54) is 12.5 Å². The summed E-state index contributed by atoms with van der Waals surface area (Å²) in [5.41, 5.74) is -1.04. The van der Waals surface area contributed by atoms with E-state index in [-0.39, 0.29) is 5.56 Å². The molecule has 1 amide bonds. The summed E-state index contributed by atoms with van der Waals surface area (Å²) in [7, 11) is 0. The summed E-state index contributed by atoms with van der Waals surface area (Å²) in [6, 6.07) is 1.75. The molecule has 1 fully saturated rings. The van der Waals surface area contributed by atoms with Crippen LogP contribution in [0.5, 0.6) is 0 Å². The number of carbonyl (C=O) groups is 2. The Labute approximate surface area is 157 Å². The Kier molecular flexibility index (Phi) is 4.38. The Hall–Kier alpha value is -3.56. The molecule has 144 valence electrons. The lowest BCUT2D eigenvalue weighted by atomic mass is 10.0. The average molecular weight is 387 g/mol. The molecule has 1 aliphatic rings. The lowest BCUT2D eigenvalue weighted by Gasteiger charge is -2.10. The SMILES string of the molecule is O=C(O)Nc1ccc(F)c(C(=O)c2c[nH]c3ncnc(NCC4CC4)c23)c1F. The first-order valence-corrected chi connectivity index (χ1v) is 8.54. The average Bonchev–Trinajstić information content (AvgIpc) is 3.38. The summed E-state index contributed by atoms with van der Waals surface area (Å²) in [6.45, 7) is 0.672. The number of H-pyrrole nitrogens is 1. The molecular weight excluding hydrogens is 372 g/mol. The standard InChI is InChI=1S/C18H15F2N5O3/c19-10-3-4-11(25-18(27)28)14(20)13(10)15(26)9-6-22-17-12(9)16(23-7-24-17)21-5-8-1-2-8/h3-4,6-8,25H,1-2,5H2,(H,27,28)(H2,21,22,23,24). The number of benzene rings is 1. The molecule has 10 heteroatoms. The second kappa shape index (κ2) is 6.87. The number of nitrogens with zero attached hydrogens (tertiary/aromatic N) is 2. The van der Waals surface area contributed by atoms with Crippen LogP contribution in [-0.4, -0.2) is 38.5 Å². The van der Waals surface area contributed by atoms with Crippen molar-refractivity contribution in [3.63, 3.8) is 0 Å². The second-order valence-electron chi connectivity index (χ2n) is 6.52. The quantitative estimate of drug-likeness (QED) is 0.481. The highest BCUT2D eigenvalue weighted by Crippen LogP contribution is 2.32. The molecule has 0 atom stereocenters. The van der Waals surface area contributed by atoms with E-state index in [0.29, 0.717) is 29.3 Å². The zero-order chi connectivity index (χ0) is 19.8. The first kappa shape index (κ1) is 17.8. The number of fused-ring (bicyclic) bond motifs is 1. The molecule has 0 radical (unpaired) electrons. The van der Waals surface area contributed by atoms with Crippen LogP contribution < -0.4 is 10.6 Å². The van der Waals surface area contributed by atoms with Crippen LogP contribution in [0.2, 0.25) is 0 Å². The Bertz CT molecular complexity index is 1090. The van der Waals surface area contributed by atoms with Gasteiger partial charge in [-0.15, -0.1) is 0 Å². The number of rotatable bonds is 6. The molecule has 2 heterocycles. The fourth-order valence-corrected chi connectivity index (χ4v) is 2.95. The summed E-state index contributed by atoms with van der Waals surface area (Å²) in [5, 5.41) is 14.1. The van der Waals surface area contributed by atoms with Crippen LogP contribution in [0.4, 0.5) is 25.1 Å². The van der Waals surface area contributed by atoms with E-state index in [0.717, 1.165) is 25.0 Å². The van der Waals surface area contributed by atoms with E-state index >= 15 is 0 Å². The molecule has 8 nitrogen and oxygen atoms in total. The van der Waals surface area contributed by atoms with Crippen LogP contribution in [0, 0.1) is 17.6 Å². The van der Waals surface area contributed by atoms with E-state index < -0.39 is 34.8 Å². The predicted octanol–water partition coefficient (Wildman–Crippen LogP) is 3.38. The maximum atomic E-state index is 14.7. The van der Waals surface area contributed by atoms with Crippen LogP contribution in [0.25, 0.3) is 11.0 Å². The minimum atomic E-state index is -1.53. The second-order valence-corrected chi connectivity index (χ2v) is 6.52. The van der Waals surface area contributed by atoms with Gasteiger partial charge in [0.1, 0.15) is 23.6 Å². The number of carboxylic acid groups (broad SMARTS) is 1. The first-order valence-electron chi connectivity index (χ1n) is 8.54. The molecule has 3 aromatic rings. The molecule has 1 aliphatic carbocycles. The Morgan fingerprint density at radius 1 is 1.25 bits per heavy atom. The third-order valence-corrected chi connectivity index (χ3v) is 4.53. The zero-order valence-electron chi connectivity index (χ0n) is 14.4. The van der Waals surface area contributed by atoms with Gasteiger partial charge in [-0.1, -0.05) is 0 Å². The number of ketones is 1. The molecule has 4 N–H and O–H groups in total. The Morgan fingerprint density at radius 3 is 2.75 bits per heavy atom. The fraction of sp³-hybridized carbons (Fsp3) is 0.222. The lowest BCUT2D eigenvalue weighted by molar-refractivity contribution is 0.103. The molecule has 4 rings (SSSR count). The van der Waals surface area contributed by atoms with Crippen LogP contribution in [0.3, 0.4) is 0 Å². The lowest BCUT2D eigenvalue weighted by Crippen LogP contribution is -2.14. The van der Waals surface area contributed by atoms with Crippen molar-refractivity contribution in [2.75, 3.05) is 17.2 Å². The van der Waals surface area contributed by atoms with Gasteiger partial charge in [-0.2, -0.15) is 0 Å². The molecule has 0 saturated heterocycles. The highest BCUT2D eigenvalue weighted by atomic mass is 19.1. The molecule has 28 heavy (non-hydrogen) atoms. The number of nitrogens with one attached hydrogen (secondary N) is 3. The molecule has 0 bridgehead atoms. The zero-order valence-corrected chi connectivity index (χ0v) is 14.4.